The normalized spacial score (nSPS) is 14.3. The molecule has 0 amide bonds. The minimum atomic E-state index is -1.11. The fourth-order valence-corrected chi connectivity index (χ4v) is 1.98. The Hall–Kier alpha value is -0.800. The van der Waals surface area contributed by atoms with Gasteiger partial charge in [0.2, 0.25) is 0 Å². The number of nitrogens with zero attached hydrogens (tertiary/aromatic N) is 2. The number of hydrogen-bond acceptors (Lipinski definition) is 4. The Morgan fingerprint density at radius 1 is 1.35 bits per heavy atom. The molecule has 0 bridgehead atoms. The lowest BCUT2D eigenvalue weighted by Crippen LogP contribution is -2.39. The van der Waals surface area contributed by atoms with Crippen molar-refractivity contribution in [3.05, 3.63) is 23.7 Å². The van der Waals surface area contributed by atoms with Gasteiger partial charge in [-0.2, -0.15) is 0 Å². The molecular formula is C16H31IN4O2. The summed E-state index contributed by atoms with van der Waals surface area (Å²) in [6.45, 7) is 8.47. The van der Waals surface area contributed by atoms with Crippen molar-refractivity contribution in [1.29, 1.82) is 0 Å². The fraction of sp³-hybridized carbons (Fsp3) is 0.688. The van der Waals surface area contributed by atoms with Crippen molar-refractivity contribution in [3.8, 4) is 0 Å². The molecule has 23 heavy (non-hydrogen) atoms. The van der Waals surface area contributed by atoms with Crippen LogP contribution in [0.5, 0.6) is 0 Å². The van der Waals surface area contributed by atoms with Crippen LogP contribution >= 0.6 is 24.0 Å². The third-order valence-electron chi connectivity index (χ3n) is 3.24. The number of aliphatic imine (C=N–C) groups is 1. The minimum Gasteiger partial charge on any atom is -0.463 e. The van der Waals surface area contributed by atoms with E-state index in [-0.39, 0.29) is 30.5 Å². The van der Waals surface area contributed by atoms with Crippen LogP contribution in [0.15, 0.2) is 21.5 Å². The fourth-order valence-electron chi connectivity index (χ4n) is 1.98. The molecule has 134 valence electrons. The Kier molecular flexibility index (Phi) is 10.5. The monoisotopic (exact) mass is 438 g/mol. The van der Waals surface area contributed by atoms with Crippen LogP contribution < -0.4 is 10.6 Å². The lowest BCUT2D eigenvalue weighted by Gasteiger charge is -2.20. The SMILES string of the molecule is CCNC(=NCC(C)(O)c1ccc(C)o1)NCCCN(C)C.I. The molecule has 3 N–H and O–H groups in total. The molecular weight excluding hydrogens is 407 g/mol. The number of hydrogen-bond donors (Lipinski definition) is 3. The molecule has 0 spiro atoms. The van der Waals surface area contributed by atoms with Crippen molar-refractivity contribution >= 4 is 29.9 Å². The number of aliphatic hydroxyl groups is 1. The van der Waals surface area contributed by atoms with Crippen molar-refractivity contribution in [2.75, 3.05) is 40.3 Å². The molecule has 0 aliphatic rings. The van der Waals surface area contributed by atoms with E-state index >= 15 is 0 Å². The molecule has 7 heteroatoms. The molecule has 0 fully saturated rings. The summed E-state index contributed by atoms with van der Waals surface area (Å²) < 4.78 is 5.50. The summed E-state index contributed by atoms with van der Waals surface area (Å²) in [7, 11) is 4.11. The standard InChI is InChI=1S/C16H30N4O2.HI/c1-6-17-15(18-10-7-11-20(4)5)19-12-16(3,21)14-9-8-13(2)22-14;/h8-9,21H,6-7,10-12H2,1-5H3,(H2,17,18,19);1H. The number of guanidine groups is 1. The van der Waals surface area contributed by atoms with Crippen LogP contribution in [0, 0.1) is 6.92 Å². The van der Waals surface area contributed by atoms with E-state index < -0.39 is 5.60 Å². The number of halogens is 1. The van der Waals surface area contributed by atoms with Crippen LogP contribution in [0.3, 0.4) is 0 Å². The summed E-state index contributed by atoms with van der Waals surface area (Å²) in [4.78, 5) is 6.61. The summed E-state index contributed by atoms with van der Waals surface area (Å²) >= 11 is 0. The van der Waals surface area contributed by atoms with Gasteiger partial charge in [0.25, 0.3) is 0 Å². The molecule has 0 radical (unpaired) electrons. The Balaban J connectivity index is 0.00000484. The number of nitrogens with one attached hydrogen (secondary N) is 2. The van der Waals surface area contributed by atoms with Crippen molar-refractivity contribution in [2.45, 2.75) is 32.8 Å². The van der Waals surface area contributed by atoms with Crippen molar-refractivity contribution in [1.82, 2.24) is 15.5 Å². The van der Waals surface area contributed by atoms with E-state index in [1.807, 2.05) is 19.9 Å². The topological polar surface area (TPSA) is 73.0 Å². The summed E-state index contributed by atoms with van der Waals surface area (Å²) in [5, 5.41) is 17.0. The molecule has 6 nitrogen and oxygen atoms in total. The van der Waals surface area contributed by atoms with E-state index in [1.54, 1.807) is 13.0 Å². The Morgan fingerprint density at radius 2 is 2.04 bits per heavy atom. The predicted octanol–water partition coefficient (Wildman–Crippen LogP) is 1.92. The Labute approximate surface area is 156 Å². The van der Waals surface area contributed by atoms with Crippen LogP contribution in [0.25, 0.3) is 0 Å². The van der Waals surface area contributed by atoms with Gasteiger partial charge in [0.15, 0.2) is 5.96 Å². The maximum absolute atomic E-state index is 10.5. The lowest BCUT2D eigenvalue weighted by atomic mass is 10.0. The van der Waals surface area contributed by atoms with Gasteiger partial charge in [-0.15, -0.1) is 24.0 Å². The molecule has 1 unspecified atom stereocenters. The smallest absolute Gasteiger partial charge is 0.191 e. The van der Waals surface area contributed by atoms with Crippen LogP contribution in [0.4, 0.5) is 0 Å². The highest BCUT2D eigenvalue weighted by Crippen LogP contribution is 2.22. The zero-order valence-corrected chi connectivity index (χ0v) is 17.2. The third kappa shape index (κ3) is 8.57. The lowest BCUT2D eigenvalue weighted by molar-refractivity contribution is 0.0428. The van der Waals surface area contributed by atoms with Gasteiger partial charge in [-0.1, -0.05) is 0 Å². The van der Waals surface area contributed by atoms with Gasteiger partial charge in [0, 0.05) is 13.1 Å². The first-order chi connectivity index (χ1) is 10.3. The largest absolute Gasteiger partial charge is 0.463 e. The molecule has 1 heterocycles. The number of aryl methyl sites for hydroxylation is 1. The van der Waals surface area contributed by atoms with Crippen LogP contribution in [-0.2, 0) is 5.60 Å². The minimum absolute atomic E-state index is 0. The molecule has 1 aromatic heterocycles. The molecule has 0 aliphatic carbocycles. The summed E-state index contributed by atoms with van der Waals surface area (Å²) in [6.07, 6.45) is 1.03. The second-order valence-electron chi connectivity index (χ2n) is 5.96. The molecule has 0 aliphatic heterocycles. The molecule has 1 rings (SSSR count). The Morgan fingerprint density at radius 3 is 2.57 bits per heavy atom. The van der Waals surface area contributed by atoms with Gasteiger partial charge in [-0.05, 0) is 60.0 Å². The maximum atomic E-state index is 10.5. The quantitative estimate of drug-likeness (QED) is 0.250. The molecule has 0 saturated heterocycles. The Bertz CT molecular complexity index is 472. The summed E-state index contributed by atoms with van der Waals surface area (Å²) in [6, 6.07) is 3.64. The number of rotatable bonds is 8. The first-order valence-corrected chi connectivity index (χ1v) is 7.81. The molecule has 0 aromatic carbocycles. The van der Waals surface area contributed by atoms with Crippen molar-refractivity contribution in [3.63, 3.8) is 0 Å². The van der Waals surface area contributed by atoms with Crippen molar-refractivity contribution in [2.24, 2.45) is 4.99 Å². The number of furan rings is 1. The summed E-state index contributed by atoms with van der Waals surface area (Å²) in [5.41, 5.74) is -1.11. The van der Waals surface area contributed by atoms with Gasteiger partial charge >= 0.3 is 0 Å². The van der Waals surface area contributed by atoms with Gasteiger partial charge in [0.1, 0.15) is 17.1 Å². The van der Waals surface area contributed by atoms with Gasteiger partial charge < -0.3 is 25.1 Å². The maximum Gasteiger partial charge on any atom is 0.191 e. The second kappa shape index (κ2) is 10.9. The van der Waals surface area contributed by atoms with E-state index in [0.717, 1.165) is 31.8 Å². The first-order valence-electron chi connectivity index (χ1n) is 7.81. The van der Waals surface area contributed by atoms with E-state index in [9.17, 15) is 5.11 Å². The second-order valence-corrected chi connectivity index (χ2v) is 5.96. The zero-order chi connectivity index (χ0) is 16.6. The molecule has 1 aromatic rings. The van der Waals surface area contributed by atoms with Crippen molar-refractivity contribution < 1.29 is 9.52 Å². The van der Waals surface area contributed by atoms with Gasteiger partial charge in [0.05, 0.1) is 6.54 Å². The van der Waals surface area contributed by atoms with Crippen LogP contribution in [0.2, 0.25) is 0 Å². The van der Waals surface area contributed by atoms with Crippen LogP contribution in [-0.4, -0.2) is 56.2 Å². The van der Waals surface area contributed by atoms with Gasteiger partial charge in [-0.3, -0.25) is 0 Å². The molecule has 1 atom stereocenters. The highest BCUT2D eigenvalue weighted by Gasteiger charge is 2.26. The first kappa shape index (κ1) is 22.2. The van der Waals surface area contributed by atoms with E-state index in [0.29, 0.717) is 11.7 Å². The van der Waals surface area contributed by atoms with E-state index in [2.05, 4.69) is 34.6 Å². The zero-order valence-electron chi connectivity index (χ0n) is 14.8. The predicted molar refractivity (Wildman–Crippen MR) is 106 cm³/mol. The highest BCUT2D eigenvalue weighted by atomic mass is 127. The average molecular weight is 438 g/mol. The van der Waals surface area contributed by atoms with E-state index in [1.165, 1.54) is 0 Å². The summed E-state index contributed by atoms with van der Waals surface area (Å²) in [5.74, 6) is 2.04. The van der Waals surface area contributed by atoms with Gasteiger partial charge in [-0.25, -0.2) is 4.99 Å². The van der Waals surface area contributed by atoms with Crippen LogP contribution in [0.1, 0.15) is 31.8 Å². The average Bonchev–Trinajstić information content (AvgIpc) is 2.88. The third-order valence-corrected chi connectivity index (χ3v) is 3.24. The molecule has 0 saturated carbocycles. The van der Waals surface area contributed by atoms with E-state index in [4.69, 9.17) is 4.42 Å². The highest BCUT2D eigenvalue weighted by molar-refractivity contribution is 14.0.